The number of hydrogen-bond acceptors (Lipinski definition) is 2. The third-order valence-electron chi connectivity index (χ3n) is 2.53. The Hall–Kier alpha value is -1.22. The highest BCUT2D eigenvalue weighted by molar-refractivity contribution is 6.32. The summed E-state index contributed by atoms with van der Waals surface area (Å²) in [5.74, 6) is 0.569. The zero-order chi connectivity index (χ0) is 13.4. The number of rotatable bonds is 7. The Morgan fingerprint density at radius 1 is 1.22 bits per heavy atom. The summed E-state index contributed by atoms with van der Waals surface area (Å²) in [6, 6.07) is 7.18. The lowest BCUT2D eigenvalue weighted by atomic mass is 10.3. The van der Waals surface area contributed by atoms with Crippen molar-refractivity contribution in [3.8, 4) is 5.75 Å². The van der Waals surface area contributed by atoms with Gasteiger partial charge in [-0.3, -0.25) is 4.79 Å². The first-order chi connectivity index (χ1) is 8.69. The quantitative estimate of drug-likeness (QED) is 0.760. The Bertz CT molecular complexity index is 376. The van der Waals surface area contributed by atoms with E-state index in [1.807, 2.05) is 17.0 Å². The lowest BCUT2D eigenvalue weighted by molar-refractivity contribution is -0.133. The molecule has 0 atom stereocenters. The molecule has 0 aliphatic rings. The Balaban J connectivity index is 2.51. The number of carbonyl (C=O) groups excluding carboxylic acids is 1. The number of benzene rings is 1. The molecule has 0 aliphatic heterocycles. The average molecular weight is 270 g/mol. The van der Waals surface area contributed by atoms with E-state index in [1.54, 1.807) is 12.1 Å². The van der Waals surface area contributed by atoms with Crippen LogP contribution < -0.4 is 4.74 Å². The molecule has 100 valence electrons. The van der Waals surface area contributed by atoms with Gasteiger partial charge in [0, 0.05) is 13.1 Å². The van der Waals surface area contributed by atoms with Crippen LogP contribution >= 0.6 is 11.6 Å². The highest BCUT2D eigenvalue weighted by Crippen LogP contribution is 2.22. The summed E-state index contributed by atoms with van der Waals surface area (Å²) in [4.78, 5) is 13.8. The molecule has 0 unspecified atom stereocenters. The predicted molar refractivity (Wildman–Crippen MR) is 74.1 cm³/mol. The van der Waals surface area contributed by atoms with Gasteiger partial charge in [0.1, 0.15) is 5.75 Å². The van der Waals surface area contributed by atoms with Crippen molar-refractivity contribution in [2.45, 2.75) is 26.7 Å². The molecular weight excluding hydrogens is 250 g/mol. The fraction of sp³-hybridized carbons (Fsp3) is 0.500. The number of para-hydroxylation sites is 1. The molecule has 0 saturated heterocycles. The van der Waals surface area contributed by atoms with Crippen molar-refractivity contribution >= 4 is 17.5 Å². The molecule has 18 heavy (non-hydrogen) atoms. The smallest absolute Gasteiger partial charge is 0.260 e. The first-order valence-electron chi connectivity index (χ1n) is 6.34. The van der Waals surface area contributed by atoms with Crippen LogP contribution in [-0.4, -0.2) is 30.5 Å². The summed E-state index contributed by atoms with van der Waals surface area (Å²) in [6.07, 6.45) is 1.91. The maximum atomic E-state index is 12.0. The molecule has 0 fully saturated rings. The van der Waals surface area contributed by atoms with Gasteiger partial charge in [-0.2, -0.15) is 0 Å². The molecule has 0 bridgehead atoms. The topological polar surface area (TPSA) is 29.5 Å². The second-order valence-electron chi connectivity index (χ2n) is 4.10. The standard InChI is InChI=1S/C14H20ClNO2/c1-3-9-16(10-4-2)14(17)11-18-13-8-6-5-7-12(13)15/h5-8H,3-4,9-11H2,1-2H3. The zero-order valence-electron chi connectivity index (χ0n) is 11.0. The Labute approximate surface area is 114 Å². The van der Waals surface area contributed by atoms with E-state index in [1.165, 1.54) is 0 Å². The van der Waals surface area contributed by atoms with Crippen molar-refractivity contribution in [3.05, 3.63) is 29.3 Å². The summed E-state index contributed by atoms with van der Waals surface area (Å²) in [7, 11) is 0. The Morgan fingerprint density at radius 2 is 1.83 bits per heavy atom. The van der Waals surface area contributed by atoms with Gasteiger partial charge in [-0.15, -0.1) is 0 Å². The SMILES string of the molecule is CCCN(CCC)C(=O)COc1ccccc1Cl. The molecule has 0 N–H and O–H groups in total. The average Bonchev–Trinajstić information content (AvgIpc) is 2.37. The zero-order valence-corrected chi connectivity index (χ0v) is 11.7. The molecule has 1 rings (SSSR count). The van der Waals surface area contributed by atoms with Gasteiger partial charge in [-0.25, -0.2) is 0 Å². The van der Waals surface area contributed by atoms with Crippen molar-refractivity contribution in [3.63, 3.8) is 0 Å². The van der Waals surface area contributed by atoms with Crippen LogP contribution in [0.2, 0.25) is 5.02 Å². The highest BCUT2D eigenvalue weighted by atomic mass is 35.5. The van der Waals surface area contributed by atoms with Crippen LogP contribution in [-0.2, 0) is 4.79 Å². The van der Waals surface area contributed by atoms with Crippen molar-refractivity contribution in [1.82, 2.24) is 4.90 Å². The van der Waals surface area contributed by atoms with Crippen molar-refractivity contribution < 1.29 is 9.53 Å². The van der Waals surface area contributed by atoms with E-state index < -0.39 is 0 Å². The van der Waals surface area contributed by atoms with Gasteiger partial charge < -0.3 is 9.64 Å². The minimum absolute atomic E-state index is 0.0126. The van der Waals surface area contributed by atoms with Crippen molar-refractivity contribution in [2.24, 2.45) is 0 Å². The third kappa shape index (κ3) is 4.57. The minimum atomic E-state index is 0.0126. The van der Waals surface area contributed by atoms with E-state index >= 15 is 0 Å². The van der Waals surface area contributed by atoms with E-state index in [0.29, 0.717) is 10.8 Å². The molecule has 0 heterocycles. The first-order valence-corrected chi connectivity index (χ1v) is 6.72. The maximum absolute atomic E-state index is 12.0. The van der Waals surface area contributed by atoms with Crippen LogP contribution in [0, 0.1) is 0 Å². The summed E-state index contributed by atoms with van der Waals surface area (Å²) in [5.41, 5.74) is 0. The van der Waals surface area contributed by atoms with Gasteiger partial charge >= 0.3 is 0 Å². The fourth-order valence-corrected chi connectivity index (χ4v) is 1.88. The number of carbonyl (C=O) groups is 1. The number of hydrogen-bond donors (Lipinski definition) is 0. The van der Waals surface area contributed by atoms with Crippen LogP contribution in [0.3, 0.4) is 0 Å². The number of nitrogens with zero attached hydrogens (tertiary/aromatic N) is 1. The lowest BCUT2D eigenvalue weighted by Gasteiger charge is -2.21. The molecule has 0 aromatic heterocycles. The Kier molecular flexibility index (Phi) is 6.58. The van der Waals surface area contributed by atoms with E-state index in [9.17, 15) is 4.79 Å². The number of halogens is 1. The summed E-state index contributed by atoms with van der Waals surface area (Å²) in [5, 5.41) is 0.530. The lowest BCUT2D eigenvalue weighted by Crippen LogP contribution is -2.36. The molecule has 0 saturated carbocycles. The van der Waals surface area contributed by atoms with Gasteiger partial charge in [0.25, 0.3) is 5.91 Å². The maximum Gasteiger partial charge on any atom is 0.260 e. The highest BCUT2D eigenvalue weighted by Gasteiger charge is 2.12. The number of amides is 1. The van der Waals surface area contributed by atoms with Gasteiger partial charge in [-0.05, 0) is 25.0 Å². The molecular formula is C14H20ClNO2. The van der Waals surface area contributed by atoms with E-state index in [-0.39, 0.29) is 12.5 Å². The van der Waals surface area contributed by atoms with Gasteiger partial charge in [-0.1, -0.05) is 37.6 Å². The van der Waals surface area contributed by atoms with Crippen LogP contribution in [0.5, 0.6) is 5.75 Å². The van der Waals surface area contributed by atoms with Gasteiger partial charge in [0.2, 0.25) is 0 Å². The van der Waals surface area contributed by atoms with Gasteiger partial charge in [0.05, 0.1) is 5.02 Å². The molecule has 4 heteroatoms. The molecule has 1 aromatic rings. The third-order valence-corrected chi connectivity index (χ3v) is 2.84. The summed E-state index contributed by atoms with van der Waals surface area (Å²) < 4.78 is 5.45. The van der Waals surface area contributed by atoms with Crippen molar-refractivity contribution in [1.29, 1.82) is 0 Å². The Morgan fingerprint density at radius 3 is 2.39 bits per heavy atom. The second-order valence-corrected chi connectivity index (χ2v) is 4.51. The van der Waals surface area contributed by atoms with Crippen molar-refractivity contribution in [2.75, 3.05) is 19.7 Å². The predicted octanol–water partition coefficient (Wildman–Crippen LogP) is 3.37. The molecule has 0 radical (unpaired) electrons. The van der Waals surface area contributed by atoms with E-state index in [2.05, 4.69) is 13.8 Å². The molecule has 1 aromatic carbocycles. The fourth-order valence-electron chi connectivity index (χ4n) is 1.69. The first kappa shape index (κ1) is 14.8. The van der Waals surface area contributed by atoms with E-state index in [4.69, 9.17) is 16.3 Å². The summed E-state index contributed by atoms with van der Waals surface area (Å²) in [6.45, 7) is 5.72. The molecule has 0 spiro atoms. The monoisotopic (exact) mass is 269 g/mol. The van der Waals surface area contributed by atoms with Crippen LogP contribution in [0.1, 0.15) is 26.7 Å². The summed E-state index contributed by atoms with van der Waals surface area (Å²) >= 11 is 5.96. The van der Waals surface area contributed by atoms with Gasteiger partial charge in [0.15, 0.2) is 6.61 Å². The minimum Gasteiger partial charge on any atom is -0.482 e. The molecule has 3 nitrogen and oxygen atoms in total. The molecule has 1 amide bonds. The second kappa shape index (κ2) is 7.98. The van der Waals surface area contributed by atoms with Crippen LogP contribution in [0.4, 0.5) is 0 Å². The normalized spacial score (nSPS) is 10.2. The van der Waals surface area contributed by atoms with Crippen LogP contribution in [0.25, 0.3) is 0 Å². The number of ether oxygens (including phenoxy) is 1. The largest absolute Gasteiger partial charge is 0.482 e. The van der Waals surface area contributed by atoms with E-state index in [0.717, 1.165) is 25.9 Å². The van der Waals surface area contributed by atoms with Crippen LogP contribution in [0.15, 0.2) is 24.3 Å². The molecule has 0 aliphatic carbocycles.